The molecule has 0 aliphatic rings. The largest absolute Gasteiger partial charge is 0.493 e. The monoisotopic (exact) mass is 472 g/mol. The van der Waals surface area contributed by atoms with E-state index in [1.54, 1.807) is 42.5 Å². The number of aromatic nitrogens is 1. The summed E-state index contributed by atoms with van der Waals surface area (Å²) in [6, 6.07) is 21.5. The van der Waals surface area contributed by atoms with E-state index in [2.05, 4.69) is 15.4 Å². The molecule has 1 aromatic heterocycles. The molecule has 0 fully saturated rings. The third kappa shape index (κ3) is 6.67. The molecule has 0 radical (unpaired) electrons. The molecule has 4 aromatic rings. The third-order valence-electron chi connectivity index (χ3n) is 4.99. The summed E-state index contributed by atoms with van der Waals surface area (Å²) in [7, 11) is 0. The number of nitrogen functional groups attached to an aromatic ring is 1. The van der Waals surface area contributed by atoms with Gasteiger partial charge >= 0.3 is 5.97 Å². The highest BCUT2D eigenvalue weighted by atomic mass is 16.5. The van der Waals surface area contributed by atoms with Gasteiger partial charge in [-0.15, -0.1) is 10.2 Å². The van der Waals surface area contributed by atoms with E-state index in [4.69, 9.17) is 24.8 Å². The number of hydrogen-bond donors (Lipinski definition) is 2. The van der Waals surface area contributed by atoms with Crippen LogP contribution >= 0.6 is 0 Å². The Morgan fingerprint density at radius 2 is 1.71 bits per heavy atom. The Balaban J connectivity index is 1.38. The number of anilines is 1. The van der Waals surface area contributed by atoms with Gasteiger partial charge in [-0.2, -0.15) is 0 Å². The van der Waals surface area contributed by atoms with Crippen LogP contribution in [0.25, 0.3) is 11.3 Å². The number of hydrogen-bond acceptors (Lipinski definition) is 8. The molecule has 3 aromatic carbocycles. The number of azo groups is 1. The summed E-state index contributed by atoms with van der Waals surface area (Å²) in [6.07, 6.45) is 2.12. The van der Waals surface area contributed by atoms with Gasteiger partial charge in [-0.05, 0) is 48.0 Å². The van der Waals surface area contributed by atoms with E-state index in [1.165, 1.54) is 6.26 Å². The lowest BCUT2D eigenvalue weighted by atomic mass is 10.1. The van der Waals surface area contributed by atoms with Crippen LogP contribution < -0.4 is 15.2 Å². The molecule has 0 saturated heterocycles. The summed E-state index contributed by atoms with van der Waals surface area (Å²) in [5.41, 5.74) is 9.81. The van der Waals surface area contributed by atoms with E-state index < -0.39 is 5.97 Å². The maximum atomic E-state index is 10.8. The zero-order chi connectivity index (χ0) is 24.5. The van der Waals surface area contributed by atoms with Crippen LogP contribution in [-0.4, -0.2) is 29.4 Å². The van der Waals surface area contributed by atoms with Crippen LogP contribution in [0.15, 0.2) is 93.8 Å². The maximum Gasteiger partial charge on any atom is 0.307 e. The van der Waals surface area contributed by atoms with Crippen molar-refractivity contribution in [2.24, 2.45) is 10.2 Å². The normalized spacial score (nSPS) is 11.0. The van der Waals surface area contributed by atoms with Crippen molar-refractivity contribution in [2.45, 2.75) is 12.8 Å². The van der Waals surface area contributed by atoms with Crippen LogP contribution in [0, 0.1) is 0 Å². The van der Waals surface area contributed by atoms with Crippen molar-refractivity contribution in [1.29, 1.82) is 0 Å². The molecule has 0 amide bonds. The van der Waals surface area contributed by atoms with Crippen molar-refractivity contribution >= 4 is 23.0 Å². The fourth-order valence-electron chi connectivity index (χ4n) is 3.23. The molecular weight excluding hydrogens is 448 g/mol. The van der Waals surface area contributed by atoms with Gasteiger partial charge in [0.2, 0.25) is 0 Å². The van der Waals surface area contributed by atoms with Crippen molar-refractivity contribution in [2.75, 3.05) is 18.9 Å². The van der Waals surface area contributed by atoms with Crippen LogP contribution in [0.1, 0.15) is 12.0 Å². The first-order chi connectivity index (χ1) is 17.1. The quantitative estimate of drug-likeness (QED) is 0.160. The Labute approximate surface area is 201 Å². The summed E-state index contributed by atoms with van der Waals surface area (Å²) in [5, 5.41) is 21.5. The number of aliphatic carboxylic acids is 1. The van der Waals surface area contributed by atoms with Gasteiger partial charge in [-0.3, -0.25) is 4.79 Å². The molecule has 0 atom stereocenters. The van der Waals surface area contributed by atoms with Crippen LogP contribution in [-0.2, 0) is 11.2 Å². The summed E-state index contributed by atoms with van der Waals surface area (Å²) >= 11 is 0. The number of nitrogens with two attached hydrogens (primary N) is 1. The van der Waals surface area contributed by atoms with Gasteiger partial charge in [0, 0.05) is 18.1 Å². The molecule has 0 aliphatic carbocycles. The average molecular weight is 473 g/mol. The second-order valence-electron chi connectivity index (χ2n) is 7.59. The van der Waals surface area contributed by atoms with E-state index in [0.717, 1.165) is 11.1 Å². The molecular formula is C26H24N4O5. The highest BCUT2D eigenvalue weighted by Crippen LogP contribution is 2.34. The van der Waals surface area contributed by atoms with Gasteiger partial charge in [0.1, 0.15) is 34.8 Å². The second-order valence-corrected chi connectivity index (χ2v) is 7.59. The molecule has 9 heteroatoms. The summed E-state index contributed by atoms with van der Waals surface area (Å²) in [6.45, 7) is 0.836. The fourth-order valence-corrected chi connectivity index (χ4v) is 3.23. The predicted octanol–water partition coefficient (Wildman–Crippen LogP) is 5.81. The van der Waals surface area contributed by atoms with Crippen LogP contribution in [0.2, 0.25) is 0 Å². The Kier molecular flexibility index (Phi) is 7.70. The number of carbonyl (C=O) groups is 1. The standard InChI is InChI=1S/C26H24N4O5/c27-21-4-1-2-5-23(21)28-29-24-17-19(22-12-15-35-30-22)8-11-25(24)34-14-3-13-33-20-9-6-18(7-10-20)16-26(31)32/h1-2,4-12,15,17H,3,13-14,16,27H2,(H,31,32). The number of para-hydroxylation sites is 1. The van der Waals surface area contributed by atoms with E-state index in [1.807, 2.05) is 30.3 Å². The number of carboxylic acids is 1. The van der Waals surface area contributed by atoms with Crippen molar-refractivity contribution in [1.82, 2.24) is 5.16 Å². The van der Waals surface area contributed by atoms with Gasteiger partial charge in [0.15, 0.2) is 0 Å². The molecule has 0 spiro atoms. The molecule has 0 bridgehead atoms. The van der Waals surface area contributed by atoms with Crippen molar-refractivity contribution in [3.8, 4) is 22.8 Å². The average Bonchev–Trinajstić information content (AvgIpc) is 3.40. The fraction of sp³-hybridized carbons (Fsp3) is 0.154. The van der Waals surface area contributed by atoms with E-state index in [9.17, 15) is 4.79 Å². The zero-order valence-corrected chi connectivity index (χ0v) is 18.8. The van der Waals surface area contributed by atoms with Gasteiger partial charge in [0.05, 0.1) is 25.3 Å². The zero-order valence-electron chi connectivity index (χ0n) is 18.8. The minimum absolute atomic E-state index is 0.0138. The molecule has 1 heterocycles. The Bertz CT molecular complexity index is 1290. The van der Waals surface area contributed by atoms with E-state index in [0.29, 0.717) is 53.9 Å². The minimum atomic E-state index is -0.865. The molecule has 9 nitrogen and oxygen atoms in total. The first-order valence-electron chi connectivity index (χ1n) is 11.0. The lowest BCUT2D eigenvalue weighted by molar-refractivity contribution is -0.136. The molecule has 0 saturated carbocycles. The Hall–Kier alpha value is -4.66. The summed E-state index contributed by atoms with van der Waals surface area (Å²) < 4.78 is 16.6. The Morgan fingerprint density at radius 1 is 0.943 bits per heavy atom. The van der Waals surface area contributed by atoms with E-state index in [-0.39, 0.29) is 6.42 Å². The molecule has 3 N–H and O–H groups in total. The highest BCUT2D eigenvalue weighted by molar-refractivity contribution is 5.70. The highest BCUT2D eigenvalue weighted by Gasteiger charge is 2.09. The SMILES string of the molecule is Nc1ccccc1N=Nc1cc(-c2ccon2)ccc1OCCCOc1ccc(CC(=O)O)cc1. The summed E-state index contributed by atoms with van der Waals surface area (Å²) in [4.78, 5) is 10.8. The van der Waals surface area contributed by atoms with Gasteiger partial charge in [-0.25, -0.2) is 0 Å². The molecule has 4 rings (SSSR count). The molecule has 35 heavy (non-hydrogen) atoms. The lowest BCUT2D eigenvalue weighted by Crippen LogP contribution is -2.05. The number of carboxylic acid groups (broad SMARTS) is 1. The maximum absolute atomic E-state index is 10.8. The first-order valence-corrected chi connectivity index (χ1v) is 11.0. The Morgan fingerprint density at radius 3 is 2.46 bits per heavy atom. The van der Waals surface area contributed by atoms with Gasteiger partial charge in [0.25, 0.3) is 0 Å². The third-order valence-corrected chi connectivity index (χ3v) is 4.99. The van der Waals surface area contributed by atoms with Gasteiger partial charge < -0.3 is 24.8 Å². The lowest BCUT2D eigenvalue weighted by Gasteiger charge is -2.11. The van der Waals surface area contributed by atoms with Crippen molar-refractivity contribution < 1.29 is 23.9 Å². The van der Waals surface area contributed by atoms with Crippen LogP contribution in [0.5, 0.6) is 11.5 Å². The first kappa shape index (κ1) is 23.5. The van der Waals surface area contributed by atoms with Crippen molar-refractivity contribution in [3.05, 3.63) is 84.6 Å². The van der Waals surface area contributed by atoms with Crippen LogP contribution in [0.3, 0.4) is 0 Å². The summed E-state index contributed by atoms with van der Waals surface area (Å²) in [5.74, 6) is 0.371. The number of rotatable bonds is 11. The smallest absolute Gasteiger partial charge is 0.307 e. The molecule has 178 valence electrons. The van der Waals surface area contributed by atoms with Crippen LogP contribution in [0.4, 0.5) is 17.1 Å². The number of nitrogens with zero attached hydrogens (tertiary/aromatic N) is 3. The number of benzene rings is 3. The molecule has 0 aliphatic heterocycles. The molecule has 0 unspecified atom stereocenters. The topological polar surface area (TPSA) is 133 Å². The predicted molar refractivity (Wildman–Crippen MR) is 130 cm³/mol. The minimum Gasteiger partial charge on any atom is -0.493 e. The van der Waals surface area contributed by atoms with E-state index >= 15 is 0 Å². The van der Waals surface area contributed by atoms with Crippen molar-refractivity contribution in [3.63, 3.8) is 0 Å². The second kappa shape index (κ2) is 11.5. The van der Waals surface area contributed by atoms with Gasteiger partial charge in [-0.1, -0.05) is 29.4 Å². The number of ether oxygens (including phenoxy) is 2.